The average Bonchev–Trinajstić information content (AvgIpc) is 3.39. The molecule has 5 rings (SSSR count). The van der Waals surface area contributed by atoms with Crippen LogP contribution in [-0.4, -0.2) is 40.6 Å². The second-order valence-electron chi connectivity index (χ2n) is 8.37. The molecule has 1 amide bonds. The van der Waals surface area contributed by atoms with Crippen LogP contribution in [0.3, 0.4) is 0 Å². The number of imidazole rings is 1. The molecule has 1 fully saturated rings. The maximum atomic E-state index is 12.8. The number of carbonyl (C=O) groups is 1. The minimum atomic E-state index is 0.101. The van der Waals surface area contributed by atoms with E-state index in [9.17, 15) is 4.79 Å². The van der Waals surface area contributed by atoms with E-state index < -0.39 is 0 Å². The fourth-order valence-corrected chi connectivity index (χ4v) is 4.56. The molecule has 3 aromatic carbocycles. The van der Waals surface area contributed by atoms with Gasteiger partial charge in [-0.1, -0.05) is 54.6 Å². The molecule has 4 aromatic rings. The molecule has 0 bridgehead atoms. The average molecular weight is 426 g/mol. The summed E-state index contributed by atoms with van der Waals surface area (Å²) in [6.07, 6.45) is 1.39. The van der Waals surface area contributed by atoms with Crippen molar-refractivity contribution in [2.24, 2.45) is 0 Å². The molecule has 1 aromatic heterocycles. The van der Waals surface area contributed by atoms with Gasteiger partial charge in [0, 0.05) is 32.0 Å². The van der Waals surface area contributed by atoms with Gasteiger partial charge in [0.25, 0.3) is 0 Å². The van der Waals surface area contributed by atoms with Crippen LogP contribution >= 0.6 is 0 Å². The van der Waals surface area contributed by atoms with E-state index >= 15 is 0 Å². The van der Waals surface area contributed by atoms with E-state index in [1.165, 1.54) is 11.1 Å². The Bertz CT molecular complexity index is 1210. The number of hydrogen-bond acceptors (Lipinski definition) is 3. The first kappa shape index (κ1) is 20.3. The van der Waals surface area contributed by atoms with Crippen LogP contribution in [0.15, 0.2) is 78.9 Å². The van der Waals surface area contributed by atoms with E-state index in [0.717, 1.165) is 42.1 Å². The van der Waals surface area contributed by atoms with Gasteiger partial charge in [0.1, 0.15) is 11.6 Å². The van der Waals surface area contributed by atoms with Crippen molar-refractivity contribution in [1.29, 1.82) is 0 Å². The third-order valence-electron chi connectivity index (χ3n) is 6.28. The Balaban J connectivity index is 1.39. The number of nitrogens with zero attached hydrogens (tertiary/aromatic N) is 3. The summed E-state index contributed by atoms with van der Waals surface area (Å²) in [6, 6.07) is 26.7. The van der Waals surface area contributed by atoms with E-state index in [4.69, 9.17) is 9.72 Å². The first-order valence-corrected chi connectivity index (χ1v) is 11.1. The molecule has 0 spiro atoms. The van der Waals surface area contributed by atoms with Crippen molar-refractivity contribution in [3.05, 3.63) is 95.8 Å². The highest BCUT2D eigenvalue weighted by Crippen LogP contribution is 2.31. The number of aromatic nitrogens is 2. The molecule has 0 saturated carbocycles. The second kappa shape index (κ2) is 8.87. The van der Waals surface area contributed by atoms with Crippen LogP contribution in [0.25, 0.3) is 11.0 Å². The van der Waals surface area contributed by atoms with Gasteiger partial charge in [-0.2, -0.15) is 0 Å². The molecule has 0 N–H and O–H groups in total. The van der Waals surface area contributed by atoms with Gasteiger partial charge in [0.15, 0.2) is 0 Å². The Labute approximate surface area is 188 Å². The van der Waals surface area contributed by atoms with Gasteiger partial charge in [-0.15, -0.1) is 0 Å². The minimum Gasteiger partial charge on any atom is -0.497 e. The van der Waals surface area contributed by atoms with Crippen molar-refractivity contribution in [2.75, 3.05) is 20.2 Å². The topological polar surface area (TPSA) is 47.4 Å². The van der Waals surface area contributed by atoms with Crippen molar-refractivity contribution in [1.82, 2.24) is 14.5 Å². The van der Waals surface area contributed by atoms with Gasteiger partial charge in [-0.05, 0) is 41.8 Å². The number of methoxy groups -OCH3 is 1. The monoisotopic (exact) mass is 425 g/mol. The molecule has 1 atom stereocenters. The molecular formula is C27H27N3O2. The van der Waals surface area contributed by atoms with Crippen LogP contribution in [0.1, 0.15) is 29.3 Å². The smallest absolute Gasteiger partial charge is 0.223 e. The zero-order chi connectivity index (χ0) is 21.9. The van der Waals surface area contributed by atoms with Crippen molar-refractivity contribution < 1.29 is 9.53 Å². The van der Waals surface area contributed by atoms with Crippen molar-refractivity contribution in [3.63, 3.8) is 0 Å². The van der Waals surface area contributed by atoms with Gasteiger partial charge >= 0.3 is 0 Å². The largest absolute Gasteiger partial charge is 0.497 e. The highest BCUT2D eigenvalue weighted by molar-refractivity contribution is 5.81. The first-order valence-electron chi connectivity index (χ1n) is 11.1. The third-order valence-corrected chi connectivity index (χ3v) is 6.28. The third kappa shape index (κ3) is 4.11. The van der Waals surface area contributed by atoms with Crippen molar-refractivity contribution >= 4 is 16.9 Å². The molecule has 32 heavy (non-hydrogen) atoms. The van der Waals surface area contributed by atoms with Crippen LogP contribution < -0.4 is 4.74 Å². The van der Waals surface area contributed by atoms with E-state index in [2.05, 4.69) is 34.9 Å². The Morgan fingerprint density at radius 2 is 1.69 bits per heavy atom. The van der Waals surface area contributed by atoms with Crippen LogP contribution in [0, 0.1) is 0 Å². The summed E-state index contributed by atoms with van der Waals surface area (Å²) in [4.78, 5) is 19.8. The number of benzene rings is 3. The fourth-order valence-electron chi connectivity index (χ4n) is 4.56. The summed E-state index contributed by atoms with van der Waals surface area (Å²) in [5.74, 6) is 2.16. The Morgan fingerprint density at radius 1 is 0.938 bits per heavy atom. The number of rotatable bonds is 7. The lowest BCUT2D eigenvalue weighted by molar-refractivity contribution is -0.127. The SMILES string of the molecule is COc1ccc(Cn2c(C3CC(=O)N(CCc4ccccc4)C3)nc3ccccc32)cc1. The molecule has 5 heteroatoms. The van der Waals surface area contributed by atoms with Crippen molar-refractivity contribution in [3.8, 4) is 5.75 Å². The van der Waals surface area contributed by atoms with E-state index in [-0.39, 0.29) is 11.8 Å². The summed E-state index contributed by atoms with van der Waals surface area (Å²) in [5.41, 5.74) is 4.52. The van der Waals surface area contributed by atoms with Gasteiger partial charge < -0.3 is 14.2 Å². The van der Waals surface area contributed by atoms with Crippen LogP contribution in [0.2, 0.25) is 0 Å². The zero-order valence-electron chi connectivity index (χ0n) is 18.3. The summed E-state index contributed by atoms with van der Waals surface area (Å²) >= 11 is 0. The first-order chi connectivity index (χ1) is 15.7. The summed E-state index contributed by atoms with van der Waals surface area (Å²) in [6.45, 7) is 2.18. The van der Waals surface area contributed by atoms with Gasteiger partial charge in [-0.3, -0.25) is 4.79 Å². The van der Waals surface area contributed by atoms with Gasteiger partial charge in [-0.25, -0.2) is 4.98 Å². The number of carbonyl (C=O) groups excluding carboxylic acids is 1. The summed E-state index contributed by atoms with van der Waals surface area (Å²) < 4.78 is 7.57. The molecule has 0 aliphatic carbocycles. The lowest BCUT2D eigenvalue weighted by Crippen LogP contribution is -2.27. The number of ether oxygens (including phenoxy) is 1. The van der Waals surface area contributed by atoms with E-state index in [1.54, 1.807) is 7.11 Å². The second-order valence-corrected chi connectivity index (χ2v) is 8.37. The van der Waals surface area contributed by atoms with Crippen LogP contribution in [-0.2, 0) is 17.8 Å². The lowest BCUT2D eigenvalue weighted by atomic mass is 10.1. The van der Waals surface area contributed by atoms with E-state index in [0.29, 0.717) is 13.0 Å². The number of hydrogen-bond donors (Lipinski definition) is 0. The molecule has 1 saturated heterocycles. The number of para-hydroxylation sites is 2. The van der Waals surface area contributed by atoms with Crippen LogP contribution in [0.4, 0.5) is 0 Å². The maximum Gasteiger partial charge on any atom is 0.223 e. The Kier molecular flexibility index (Phi) is 5.63. The van der Waals surface area contributed by atoms with Gasteiger partial charge in [0.05, 0.1) is 18.1 Å². The van der Waals surface area contributed by atoms with Crippen molar-refractivity contribution in [2.45, 2.75) is 25.3 Å². The van der Waals surface area contributed by atoms with Gasteiger partial charge in [0.2, 0.25) is 5.91 Å². The molecule has 1 aliphatic heterocycles. The fraction of sp³-hybridized carbons (Fsp3) is 0.259. The summed E-state index contributed by atoms with van der Waals surface area (Å²) in [5, 5.41) is 0. The highest BCUT2D eigenvalue weighted by atomic mass is 16.5. The number of likely N-dealkylation sites (tertiary alicyclic amines) is 1. The molecule has 1 unspecified atom stereocenters. The normalized spacial score (nSPS) is 16.1. The summed E-state index contributed by atoms with van der Waals surface area (Å²) in [7, 11) is 1.68. The van der Waals surface area contributed by atoms with Crippen LogP contribution in [0.5, 0.6) is 5.75 Å². The maximum absolute atomic E-state index is 12.8. The highest BCUT2D eigenvalue weighted by Gasteiger charge is 2.33. The quantitative estimate of drug-likeness (QED) is 0.433. The number of fused-ring (bicyclic) bond motifs is 1. The standard InChI is InChI=1S/C27H27N3O2/c1-32-23-13-11-21(12-14-23)18-30-25-10-6-5-9-24(25)28-27(30)22-17-26(31)29(19-22)16-15-20-7-3-2-4-8-20/h2-14,22H,15-19H2,1H3. The Hall–Kier alpha value is -3.60. The predicted octanol–water partition coefficient (Wildman–Crippen LogP) is 4.65. The molecule has 0 radical (unpaired) electrons. The van der Waals surface area contributed by atoms with E-state index in [1.807, 2.05) is 53.4 Å². The molecule has 1 aliphatic rings. The molecule has 2 heterocycles. The zero-order valence-corrected chi connectivity index (χ0v) is 18.3. The lowest BCUT2D eigenvalue weighted by Gasteiger charge is -2.17. The number of amides is 1. The molecule has 162 valence electrons. The molecule has 5 nitrogen and oxygen atoms in total. The minimum absolute atomic E-state index is 0.101. The predicted molar refractivity (Wildman–Crippen MR) is 126 cm³/mol. The Morgan fingerprint density at radius 3 is 2.47 bits per heavy atom. The molecular weight excluding hydrogens is 398 g/mol.